The van der Waals surface area contributed by atoms with E-state index in [0.717, 1.165) is 43.2 Å². The number of rotatable bonds is 9. The van der Waals surface area contributed by atoms with Gasteiger partial charge in [0.25, 0.3) is 0 Å². The Hall–Kier alpha value is -2.46. The highest BCUT2D eigenvalue weighted by molar-refractivity contribution is 6.00. The Bertz CT molecular complexity index is 833. The molecule has 4 nitrogen and oxygen atoms in total. The van der Waals surface area contributed by atoms with Crippen molar-refractivity contribution in [1.82, 2.24) is 5.32 Å². The Labute approximate surface area is 180 Å². The second-order valence-corrected chi connectivity index (χ2v) is 8.45. The number of aryl methyl sites for hydroxylation is 1. The molecule has 2 aromatic carbocycles. The van der Waals surface area contributed by atoms with E-state index in [9.17, 15) is 9.59 Å². The Morgan fingerprint density at radius 2 is 1.63 bits per heavy atom. The molecule has 0 radical (unpaired) electrons. The molecule has 1 amide bonds. The molecule has 1 N–H and O–H groups in total. The summed E-state index contributed by atoms with van der Waals surface area (Å²) in [6.45, 7) is 6.21. The molecule has 0 saturated carbocycles. The molecule has 2 unspecified atom stereocenters. The number of amides is 1. The number of carbonyl (C=O) groups is 2. The molecule has 0 heterocycles. The molecule has 0 spiro atoms. The molecule has 0 bridgehead atoms. The summed E-state index contributed by atoms with van der Waals surface area (Å²) in [5, 5.41) is 3.29. The quantitative estimate of drug-likeness (QED) is 0.631. The summed E-state index contributed by atoms with van der Waals surface area (Å²) < 4.78 is 0. The molecule has 1 aliphatic rings. The fraction of sp³-hybridized carbons (Fsp3) is 0.462. The number of aldehydes is 1. The Balaban J connectivity index is 1.96. The SMILES string of the molecule is CCC(CC)C(C=O)N(C(=O)C(NC)C1Cc2ccccc2C1)c1ccc(C)cc1. The van der Waals surface area contributed by atoms with Gasteiger partial charge in [-0.1, -0.05) is 68.7 Å². The van der Waals surface area contributed by atoms with E-state index in [0.29, 0.717) is 0 Å². The minimum absolute atomic E-state index is 0.0110. The maximum atomic E-state index is 13.9. The largest absolute Gasteiger partial charge is 0.309 e. The second kappa shape index (κ2) is 10.0. The normalized spacial score (nSPS) is 15.6. The highest BCUT2D eigenvalue weighted by Gasteiger charge is 2.38. The predicted octanol–water partition coefficient (Wildman–Crippen LogP) is 4.33. The van der Waals surface area contributed by atoms with Gasteiger partial charge in [-0.2, -0.15) is 0 Å². The number of likely N-dealkylation sites (N-methyl/N-ethyl adjacent to an activating group) is 1. The standard InChI is InChI=1S/C26H34N2O2/c1-5-19(6-2)24(17-29)28(23-13-11-18(3)12-14-23)26(30)25(27-4)22-15-20-9-7-8-10-21(20)16-22/h7-14,17,19,22,24-25,27H,5-6,15-16H2,1-4H3. The first-order valence-electron chi connectivity index (χ1n) is 11.1. The van der Waals surface area contributed by atoms with Crippen LogP contribution in [0.2, 0.25) is 0 Å². The Morgan fingerprint density at radius 1 is 1.07 bits per heavy atom. The fourth-order valence-electron chi connectivity index (χ4n) is 4.85. The third-order valence-electron chi connectivity index (χ3n) is 6.65. The van der Waals surface area contributed by atoms with Crippen LogP contribution in [-0.4, -0.2) is 31.3 Å². The molecule has 4 heteroatoms. The summed E-state index contributed by atoms with van der Waals surface area (Å²) in [4.78, 5) is 27.9. The number of anilines is 1. The van der Waals surface area contributed by atoms with Crippen LogP contribution >= 0.6 is 0 Å². The molecule has 160 valence electrons. The van der Waals surface area contributed by atoms with Gasteiger partial charge in [-0.3, -0.25) is 4.79 Å². The van der Waals surface area contributed by atoms with Gasteiger partial charge in [-0.25, -0.2) is 0 Å². The van der Waals surface area contributed by atoms with E-state index in [1.807, 2.05) is 38.2 Å². The van der Waals surface area contributed by atoms with Crippen molar-refractivity contribution in [3.8, 4) is 0 Å². The van der Waals surface area contributed by atoms with E-state index < -0.39 is 6.04 Å². The van der Waals surface area contributed by atoms with Crippen molar-refractivity contribution in [3.63, 3.8) is 0 Å². The van der Waals surface area contributed by atoms with Crippen LogP contribution in [0.15, 0.2) is 48.5 Å². The maximum absolute atomic E-state index is 13.9. The van der Waals surface area contributed by atoms with Crippen LogP contribution in [0.4, 0.5) is 5.69 Å². The van der Waals surface area contributed by atoms with Crippen molar-refractivity contribution in [1.29, 1.82) is 0 Å². The first-order chi connectivity index (χ1) is 14.5. The van der Waals surface area contributed by atoms with E-state index in [1.165, 1.54) is 11.1 Å². The zero-order valence-corrected chi connectivity index (χ0v) is 18.6. The van der Waals surface area contributed by atoms with E-state index in [2.05, 4.69) is 43.4 Å². The maximum Gasteiger partial charge on any atom is 0.245 e. The molecule has 1 aliphatic carbocycles. The van der Waals surface area contributed by atoms with Gasteiger partial charge in [0.05, 0.1) is 12.1 Å². The third kappa shape index (κ3) is 4.49. The summed E-state index contributed by atoms with van der Waals surface area (Å²) in [7, 11) is 1.85. The first-order valence-corrected chi connectivity index (χ1v) is 11.1. The van der Waals surface area contributed by atoms with Crippen molar-refractivity contribution in [3.05, 3.63) is 65.2 Å². The zero-order valence-electron chi connectivity index (χ0n) is 18.6. The average molecular weight is 407 g/mol. The molecule has 0 aromatic heterocycles. The van der Waals surface area contributed by atoms with Crippen molar-refractivity contribution >= 4 is 17.9 Å². The summed E-state index contributed by atoms with van der Waals surface area (Å²) >= 11 is 0. The molecular formula is C26H34N2O2. The van der Waals surface area contributed by atoms with Crippen LogP contribution in [-0.2, 0) is 22.4 Å². The minimum atomic E-state index is -0.463. The number of nitrogens with zero attached hydrogens (tertiary/aromatic N) is 1. The topological polar surface area (TPSA) is 49.4 Å². The van der Waals surface area contributed by atoms with Gasteiger partial charge in [-0.05, 0) is 61.9 Å². The van der Waals surface area contributed by atoms with Gasteiger partial charge in [-0.15, -0.1) is 0 Å². The molecule has 0 aliphatic heterocycles. The van der Waals surface area contributed by atoms with E-state index in [4.69, 9.17) is 0 Å². The van der Waals surface area contributed by atoms with Gasteiger partial charge in [0.2, 0.25) is 5.91 Å². The van der Waals surface area contributed by atoms with Gasteiger partial charge in [0.15, 0.2) is 0 Å². The molecule has 30 heavy (non-hydrogen) atoms. The predicted molar refractivity (Wildman–Crippen MR) is 123 cm³/mol. The van der Waals surface area contributed by atoms with E-state index >= 15 is 0 Å². The van der Waals surface area contributed by atoms with Crippen molar-refractivity contribution in [2.75, 3.05) is 11.9 Å². The van der Waals surface area contributed by atoms with Crippen LogP contribution in [0.3, 0.4) is 0 Å². The Kier molecular flexibility index (Phi) is 7.43. The molecule has 0 saturated heterocycles. The van der Waals surface area contributed by atoms with Crippen LogP contribution in [0, 0.1) is 18.8 Å². The van der Waals surface area contributed by atoms with Crippen molar-refractivity contribution in [2.24, 2.45) is 11.8 Å². The molecule has 2 atom stereocenters. The molecular weight excluding hydrogens is 372 g/mol. The number of hydrogen-bond acceptors (Lipinski definition) is 3. The van der Waals surface area contributed by atoms with Gasteiger partial charge < -0.3 is 15.0 Å². The van der Waals surface area contributed by atoms with E-state index in [1.54, 1.807) is 4.90 Å². The summed E-state index contributed by atoms with van der Waals surface area (Å²) in [6, 6.07) is 15.6. The molecule has 3 rings (SSSR count). The highest BCUT2D eigenvalue weighted by Crippen LogP contribution is 2.32. The smallest absolute Gasteiger partial charge is 0.245 e. The lowest BCUT2D eigenvalue weighted by atomic mass is 9.90. The van der Waals surface area contributed by atoms with Crippen LogP contribution in [0.1, 0.15) is 43.4 Å². The van der Waals surface area contributed by atoms with Crippen molar-refractivity contribution in [2.45, 2.75) is 58.5 Å². The number of hydrogen-bond donors (Lipinski definition) is 1. The lowest BCUT2D eigenvalue weighted by Gasteiger charge is -2.37. The molecule has 2 aromatic rings. The van der Waals surface area contributed by atoms with Gasteiger partial charge >= 0.3 is 0 Å². The lowest BCUT2D eigenvalue weighted by Crippen LogP contribution is -2.55. The first kappa shape index (κ1) is 22.2. The second-order valence-electron chi connectivity index (χ2n) is 8.45. The van der Waals surface area contributed by atoms with Gasteiger partial charge in [0, 0.05) is 5.69 Å². The average Bonchev–Trinajstić information content (AvgIpc) is 3.19. The fourth-order valence-corrected chi connectivity index (χ4v) is 4.85. The molecule has 0 fully saturated rings. The number of benzene rings is 2. The van der Waals surface area contributed by atoms with Gasteiger partial charge in [0.1, 0.15) is 6.29 Å². The summed E-state index contributed by atoms with van der Waals surface area (Å²) in [5.74, 6) is 0.302. The highest BCUT2D eigenvalue weighted by atomic mass is 16.2. The number of fused-ring (bicyclic) bond motifs is 1. The lowest BCUT2D eigenvalue weighted by molar-refractivity contribution is -0.124. The van der Waals surface area contributed by atoms with Crippen LogP contribution < -0.4 is 10.2 Å². The van der Waals surface area contributed by atoms with Crippen molar-refractivity contribution < 1.29 is 9.59 Å². The number of carbonyl (C=O) groups excluding carboxylic acids is 2. The van der Waals surface area contributed by atoms with E-state index in [-0.39, 0.29) is 23.8 Å². The Morgan fingerprint density at radius 3 is 2.10 bits per heavy atom. The summed E-state index contributed by atoms with van der Waals surface area (Å²) in [6.07, 6.45) is 4.44. The van der Waals surface area contributed by atoms with Crippen LogP contribution in [0.25, 0.3) is 0 Å². The minimum Gasteiger partial charge on any atom is -0.309 e. The monoisotopic (exact) mass is 406 g/mol. The zero-order chi connectivity index (χ0) is 21.7. The summed E-state index contributed by atoms with van der Waals surface area (Å²) in [5.41, 5.74) is 4.58. The third-order valence-corrected chi connectivity index (χ3v) is 6.65. The van der Waals surface area contributed by atoms with Crippen LogP contribution in [0.5, 0.6) is 0 Å². The number of nitrogens with one attached hydrogen (secondary N) is 1.